The maximum absolute atomic E-state index is 13.1. The van der Waals surface area contributed by atoms with Crippen LogP contribution < -0.4 is 15.4 Å². The summed E-state index contributed by atoms with van der Waals surface area (Å²) < 4.78 is 20.1. The Bertz CT molecular complexity index is 1160. The second kappa shape index (κ2) is 12.2. The molecule has 0 aliphatic heterocycles. The van der Waals surface area contributed by atoms with Crippen LogP contribution in [0.4, 0.5) is 10.1 Å². The molecule has 2 amide bonds. The van der Waals surface area contributed by atoms with Crippen LogP contribution >= 0.6 is 11.8 Å². The number of hydrogen-bond donors (Lipinski definition) is 2. The van der Waals surface area contributed by atoms with Gasteiger partial charge in [0, 0.05) is 17.8 Å². The summed E-state index contributed by atoms with van der Waals surface area (Å²) in [6, 6.07) is 12.0. The second-order valence-corrected chi connectivity index (χ2v) is 8.95. The highest BCUT2D eigenvalue weighted by Gasteiger charge is 2.26. The minimum atomic E-state index is -0.417. The molecule has 0 saturated heterocycles. The summed E-state index contributed by atoms with van der Waals surface area (Å²) in [6.45, 7) is 8.18. The van der Waals surface area contributed by atoms with Gasteiger partial charge in [0.2, 0.25) is 5.91 Å². The van der Waals surface area contributed by atoms with Gasteiger partial charge in [0.25, 0.3) is 5.91 Å². The first kappa shape index (κ1) is 26.0. The first-order valence-electron chi connectivity index (χ1n) is 11.0. The number of carbonyl (C=O) groups excluding carboxylic acids is 2. The Labute approximate surface area is 208 Å². The van der Waals surface area contributed by atoms with Crippen LogP contribution in [0.15, 0.2) is 66.3 Å². The topological polar surface area (TPSA) is 98.1 Å². The standard InChI is InChI=1S/C25H28FN5O3S/c1-5-14-31-23(22(16(2)3)28-24(33)17-6-12-20(34-4)13-7-17)29-30-25(31)35-15-21(32)27-19-10-8-18(26)9-11-19/h5-13,16,22H,1,14-15H2,2-4H3,(H,27,32)(H,28,33). The fourth-order valence-corrected chi connectivity index (χ4v) is 4.05. The van der Waals surface area contributed by atoms with Crippen molar-refractivity contribution in [1.29, 1.82) is 0 Å². The smallest absolute Gasteiger partial charge is 0.251 e. The van der Waals surface area contributed by atoms with Crippen LogP contribution in [0.5, 0.6) is 5.75 Å². The summed E-state index contributed by atoms with van der Waals surface area (Å²) in [6.07, 6.45) is 1.71. The molecule has 2 N–H and O–H groups in total. The number of carbonyl (C=O) groups is 2. The Morgan fingerprint density at radius 1 is 1.14 bits per heavy atom. The monoisotopic (exact) mass is 497 g/mol. The van der Waals surface area contributed by atoms with Gasteiger partial charge in [-0.25, -0.2) is 4.39 Å². The number of halogens is 1. The van der Waals surface area contributed by atoms with E-state index < -0.39 is 6.04 Å². The van der Waals surface area contributed by atoms with Crippen molar-refractivity contribution in [2.24, 2.45) is 5.92 Å². The van der Waals surface area contributed by atoms with Gasteiger partial charge in [-0.15, -0.1) is 16.8 Å². The first-order valence-corrected chi connectivity index (χ1v) is 12.0. The molecule has 1 unspecified atom stereocenters. The van der Waals surface area contributed by atoms with E-state index >= 15 is 0 Å². The fourth-order valence-electron chi connectivity index (χ4n) is 3.29. The number of anilines is 1. The molecule has 0 aliphatic carbocycles. The molecule has 0 fully saturated rings. The normalized spacial score (nSPS) is 11.7. The van der Waals surface area contributed by atoms with Gasteiger partial charge in [0.1, 0.15) is 11.6 Å². The predicted molar refractivity (Wildman–Crippen MR) is 134 cm³/mol. The summed E-state index contributed by atoms with van der Waals surface area (Å²) >= 11 is 1.22. The third-order valence-electron chi connectivity index (χ3n) is 5.10. The Morgan fingerprint density at radius 2 is 1.83 bits per heavy atom. The van der Waals surface area contributed by atoms with Crippen molar-refractivity contribution < 1.29 is 18.7 Å². The Morgan fingerprint density at radius 3 is 2.43 bits per heavy atom. The lowest BCUT2D eigenvalue weighted by Crippen LogP contribution is -2.33. The van der Waals surface area contributed by atoms with Crippen molar-refractivity contribution in [2.45, 2.75) is 31.6 Å². The van der Waals surface area contributed by atoms with Gasteiger partial charge in [-0.1, -0.05) is 31.7 Å². The highest BCUT2D eigenvalue weighted by Crippen LogP contribution is 2.26. The van der Waals surface area contributed by atoms with Crippen LogP contribution in [0, 0.1) is 11.7 Å². The fraction of sp³-hybridized carbons (Fsp3) is 0.280. The number of thioether (sulfide) groups is 1. The molecule has 10 heteroatoms. The lowest BCUT2D eigenvalue weighted by Gasteiger charge is -2.22. The van der Waals surface area contributed by atoms with Gasteiger partial charge in [-0.05, 0) is 54.4 Å². The van der Waals surface area contributed by atoms with Gasteiger partial charge in [0.05, 0.1) is 18.9 Å². The second-order valence-electron chi connectivity index (χ2n) is 8.01. The highest BCUT2D eigenvalue weighted by molar-refractivity contribution is 7.99. The van der Waals surface area contributed by atoms with Gasteiger partial charge < -0.3 is 19.9 Å². The third kappa shape index (κ3) is 6.92. The molecule has 8 nitrogen and oxygen atoms in total. The maximum Gasteiger partial charge on any atom is 0.251 e. The average molecular weight is 498 g/mol. The zero-order valence-electron chi connectivity index (χ0n) is 19.8. The van der Waals surface area contributed by atoms with Gasteiger partial charge in [0.15, 0.2) is 11.0 Å². The van der Waals surface area contributed by atoms with E-state index in [1.165, 1.54) is 36.0 Å². The van der Waals surface area contributed by atoms with Crippen LogP contribution in [0.1, 0.15) is 36.1 Å². The van der Waals surface area contributed by atoms with Crippen molar-refractivity contribution in [1.82, 2.24) is 20.1 Å². The third-order valence-corrected chi connectivity index (χ3v) is 6.07. The first-order chi connectivity index (χ1) is 16.8. The summed E-state index contributed by atoms with van der Waals surface area (Å²) in [5.74, 6) is 0.459. The lowest BCUT2D eigenvalue weighted by atomic mass is 10.0. The molecule has 0 aliphatic rings. The number of nitrogens with zero attached hydrogens (tertiary/aromatic N) is 3. The van der Waals surface area contributed by atoms with E-state index in [9.17, 15) is 14.0 Å². The number of benzene rings is 2. The molecule has 0 spiro atoms. The molecule has 1 aromatic heterocycles. The number of nitrogens with one attached hydrogen (secondary N) is 2. The summed E-state index contributed by atoms with van der Waals surface area (Å²) in [7, 11) is 1.57. The summed E-state index contributed by atoms with van der Waals surface area (Å²) in [4.78, 5) is 25.3. The van der Waals surface area contributed by atoms with E-state index in [0.717, 1.165) is 0 Å². The molecule has 2 aromatic carbocycles. The quantitative estimate of drug-likeness (QED) is 0.300. The molecule has 184 valence electrons. The number of amides is 2. The molecular weight excluding hydrogens is 469 g/mol. The van der Waals surface area contributed by atoms with Crippen LogP contribution in [0.3, 0.4) is 0 Å². The largest absolute Gasteiger partial charge is 0.497 e. The SMILES string of the molecule is C=CCn1c(SCC(=O)Nc2ccc(F)cc2)nnc1C(NC(=O)c1ccc(OC)cc1)C(C)C. The van der Waals surface area contributed by atoms with Gasteiger partial charge in [-0.3, -0.25) is 9.59 Å². The Hall–Kier alpha value is -3.66. The molecule has 3 aromatic rings. The number of allylic oxidation sites excluding steroid dienone is 1. The molecule has 3 rings (SSSR count). The van der Waals surface area contributed by atoms with E-state index in [-0.39, 0.29) is 29.3 Å². The Balaban J connectivity index is 1.73. The van der Waals surface area contributed by atoms with Crippen LogP contribution in [0.2, 0.25) is 0 Å². The number of methoxy groups -OCH3 is 1. The molecule has 0 saturated carbocycles. The maximum atomic E-state index is 13.1. The van der Waals surface area contributed by atoms with Crippen molar-refractivity contribution >= 4 is 29.3 Å². The highest BCUT2D eigenvalue weighted by atomic mass is 32.2. The minimum absolute atomic E-state index is 0.0181. The number of aromatic nitrogens is 3. The molecule has 1 heterocycles. The zero-order chi connectivity index (χ0) is 25.4. The molecule has 35 heavy (non-hydrogen) atoms. The van der Waals surface area contributed by atoms with E-state index in [0.29, 0.717) is 34.5 Å². The Kier molecular flexibility index (Phi) is 9.02. The molecular formula is C25H28FN5O3S. The molecule has 0 radical (unpaired) electrons. The van der Waals surface area contributed by atoms with Crippen LogP contribution in [-0.4, -0.2) is 39.4 Å². The van der Waals surface area contributed by atoms with Gasteiger partial charge in [-0.2, -0.15) is 0 Å². The van der Waals surface area contributed by atoms with Crippen molar-refractivity contribution in [3.63, 3.8) is 0 Å². The van der Waals surface area contributed by atoms with Crippen molar-refractivity contribution in [3.8, 4) is 5.75 Å². The van der Waals surface area contributed by atoms with Crippen LogP contribution in [-0.2, 0) is 11.3 Å². The van der Waals surface area contributed by atoms with E-state index in [4.69, 9.17) is 4.74 Å². The van der Waals surface area contributed by atoms with E-state index in [1.807, 2.05) is 18.4 Å². The number of rotatable bonds is 11. The van der Waals surface area contributed by atoms with E-state index in [1.54, 1.807) is 37.5 Å². The van der Waals surface area contributed by atoms with Crippen molar-refractivity contribution in [2.75, 3.05) is 18.2 Å². The zero-order valence-corrected chi connectivity index (χ0v) is 20.6. The molecule has 0 bridgehead atoms. The number of hydrogen-bond acceptors (Lipinski definition) is 6. The lowest BCUT2D eigenvalue weighted by molar-refractivity contribution is -0.113. The molecule has 1 atom stereocenters. The van der Waals surface area contributed by atoms with Crippen molar-refractivity contribution in [3.05, 3.63) is 78.4 Å². The predicted octanol–water partition coefficient (Wildman–Crippen LogP) is 4.47. The van der Waals surface area contributed by atoms with Gasteiger partial charge >= 0.3 is 0 Å². The summed E-state index contributed by atoms with van der Waals surface area (Å²) in [5, 5.41) is 14.9. The number of ether oxygens (including phenoxy) is 1. The van der Waals surface area contributed by atoms with E-state index in [2.05, 4.69) is 27.4 Å². The average Bonchev–Trinajstić information content (AvgIpc) is 3.24. The summed E-state index contributed by atoms with van der Waals surface area (Å²) in [5.41, 5.74) is 1.00. The minimum Gasteiger partial charge on any atom is -0.497 e. The van der Waals surface area contributed by atoms with Crippen LogP contribution in [0.25, 0.3) is 0 Å².